The number of aromatic amines is 1. The van der Waals surface area contributed by atoms with Gasteiger partial charge in [-0.3, -0.25) is 9.89 Å². The lowest BCUT2D eigenvalue weighted by atomic mass is 10.1. The van der Waals surface area contributed by atoms with Gasteiger partial charge in [-0.1, -0.05) is 12.1 Å². The van der Waals surface area contributed by atoms with Crippen molar-refractivity contribution in [2.24, 2.45) is 0 Å². The van der Waals surface area contributed by atoms with Gasteiger partial charge in [0.25, 0.3) is 0 Å². The van der Waals surface area contributed by atoms with Crippen LogP contribution in [0.3, 0.4) is 0 Å². The quantitative estimate of drug-likeness (QED) is 0.678. The van der Waals surface area contributed by atoms with Crippen molar-refractivity contribution in [2.45, 2.75) is 19.4 Å². The predicted molar refractivity (Wildman–Crippen MR) is 98.2 cm³/mol. The van der Waals surface area contributed by atoms with Crippen molar-refractivity contribution in [2.75, 3.05) is 23.7 Å². The second-order valence-electron chi connectivity index (χ2n) is 6.40. The van der Waals surface area contributed by atoms with E-state index in [0.717, 1.165) is 47.4 Å². The predicted octanol–water partition coefficient (Wildman–Crippen LogP) is 1.92. The minimum atomic E-state index is 0.00940. The van der Waals surface area contributed by atoms with Gasteiger partial charge < -0.3 is 16.0 Å². The maximum absolute atomic E-state index is 11.3. The molecule has 1 atom stereocenters. The van der Waals surface area contributed by atoms with Crippen LogP contribution in [0, 0.1) is 0 Å². The van der Waals surface area contributed by atoms with Crippen LogP contribution in [0.25, 0.3) is 22.2 Å². The minimum absolute atomic E-state index is 0.00940. The summed E-state index contributed by atoms with van der Waals surface area (Å²) in [7, 11) is 0. The number of carbonyl (C=O) groups excluding carboxylic acids is 1. The number of nitrogen functional groups attached to an aromatic ring is 1. The molecule has 1 aromatic carbocycles. The maximum Gasteiger partial charge on any atom is 0.217 e. The summed E-state index contributed by atoms with van der Waals surface area (Å²) < 4.78 is 0. The molecule has 128 valence electrons. The van der Waals surface area contributed by atoms with Crippen LogP contribution < -0.4 is 16.0 Å². The number of rotatable bonds is 3. The molecule has 0 radical (unpaired) electrons. The molecule has 3 aromatic rings. The van der Waals surface area contributed by atoms with Gasteiger partial charge in [0.1, 0.15) is 5.82 Å². The molecule has 7 nitrogen and oxygen atoms in total. The fourth-order valence-corrected chi connectivity index (χ4v) is 3.46. The molecule has 4 N–H and O–H groups in total. The normalized spacial score (nSPS) is 17.2. The summed E-state index contributed by atoms with van der Waals surface area (Å²) in [5, 5.41) is 11.0. The van der Waals surface area contributed by atoms with E-state index in [4.69, 9.17) is 5.73 Å². The highest BCUT2D eigenvalue weighted by Gasteiger charge is 2.25. The third-order valence-electron chi connectivity index (χ3n) is 4.56. The number of hydrogen-bond acceptors (Lipinski definition) is 5. The molecule has 0 aliphatic carbocycles. The highest BCUT2D eigenvalue weighted by atomic mass is 16.1. The monoisotopic (exact) mass is 336 g/mol. The summed E-state index contributed by atoms with van der Waals surface area (Å²) in [5.41, 5.74) is 9.93. The van der Waals surface area contributed by atoms with Gasteiger partial charge in [-0.25, -0.2) is 4.98 Å². The highest BCUT2D eigenvalue weighted by molar-refractivity contribution is 5.95. The van der Waals surface area contributed by atoms with E-state index in [1.807, 2.05) is 18.2 Å². The molecule has 0 bridgehead atoms. The Hall–Kier alpha value is -3.09. The highest BCUT2D eigenvalue weighted by Crippen LogP contribution is 2.32. The summed E-state index contributed by atoms with van der Waals surface area (Å²) in [6.07, 6.45) is 2.65. The molecule has 0 saturated carbocycles. The van der Waals surface area contributed by atoms with Crippen molar-refractivity contribution < 1.29 is 4.79 Å². The molecule has 4 rings (SSSR count). The summed E-state index contributed by atoms with van der Waals surface area (Å²) in [6, 6.07) is 10.1. The first-order valence-electron chi connectivity index (χ1n) is 8.32. The van der Waals surface area contributed by atoms with Crippen LogP contribution in [-0.4, -0.2) is 40.2 Å². The molecule has 3 heterocycles. The fraction of sp³-hybridized carbons (Fsp3) is 0.278. The van der Waals surface area contributed by atoms with E-state index < -0.39 is 0 Å². The Morgan fingerprint density at radius 2 is 2.24 bits per heavy atom. The van der Waals surface area contributed by atoms with Crippen molar-refractivity contribution in [1.82, 2.24) is 20.5 Å². The first-order chi connectivity index (χ1) is 12.1. The fourth-order valence-electron chi connectivity index (χ4n) is 3.46. The number of amides is 1. The molecule has 25 heavy (non-hydrogen) atoms. The number of hydrogen-bond donors (Lipinski definition) is 3. The molecule has 0 unspecified atom stereocenters. The maximum atomic E-state index is 11.3. The molecular weight excluding hydrogens is 316 g/mol. The van der Waals surface area contributed by atoms with Crippen LogP contribution in [0.1, 0.15) is 13.3 Å². The van der Waals surface area contributed by atoms with Crippen LogP contribution >= 0.6 is 0 Å². The van der Waals surface area contributed by atoms with E-state index in [0.29, 0.717) is 5.82 Å². The van der Waals surface area contributed by atoms with Crippen molar-refractivity contribution in [3.05, 3.63) is 36.5 Å². The van der Waals surface area contributed by atoms with Gasteiger partial charge in [0, 0.05) is 55.0 Å². The summed E-state index contributed by atoms with van der Waals surface area (Å²) >= 11 is 0. The van der Waals surface area contributed by atoms with Crippen molar-refractivity contribution in [3.8, 4) is 11.3 Å². The van der Waals surface area contributed by atoms with E-state index >= 15 is 0 Å². The van der Waals surface area contributed by atoms with Crippen molar-refractivity contribution in [3.63, 3.8) is 0 Å². The van der Waals surface area contributed by atoms with Crippen molar-refractivity contribution >= 4 is 28.3 Å². The van der Waals surface area contributed by atoms with Gasteiger partial charge in [0.05, 0.1) is 11.2 Å². The topological polar surface area (TPSA) is 99.9 Å². The Morgan fingerprint density at radius 3 is 3.00 bits per heavy atom. The Bertz CT molecular complexity index is 921. The first-order valence-corrected chi connectivity index (χ1v) is 8.32. The SMILES string of the molecule is CC(=O)N[C@H]1CCN(c2cc(N)nc3cc(-c4ccn[nH]4)ccc23)C1. The van der Waals surface area contributed by atoms with E-state index in [1.54, 1.807) is 13.1 Å². The lowest BCUT2D eigenvalue weighted by Gasteiger charge is -2.21. The zero-order valence-electron chi connectivity index (χ0n) is 14.0. The van der Waals surface area contributed by atoms with Gasteiger partial charge in [0.15, 0.2) is 0 Å². The minimum Gasteiger partial charge on any atom is -0.384 e. The van der Waals surface area contributed by atoms with E-state index in [9.17, 15) is 4.79 Å². The van der Waals surface area contributed by atoms with Gasteiger partial charge in [-0.2, -0.15) is 5.10 Å². The molecule has 1 amide bonds. The van der Waals surface area contributed by atoms with Crippen LogP contribution in [0.5, 0.6) is 0 Å². The number of anilines is 2. The number of nitrogens with zero attached hydrogens (tertiary/aromatic N) is 3. The second-order valence-corrected chi connectivity index (χ2v) is 6.40. The average Bonchev–Trinajstić information content (AvgIpc) is 3.24. The zero-order valence-corrected chi connectivity index (χ0v) is 14.0. The third-order valence-corrected chi connectivity index (χ3v) is 4.56. The summed E-state index contributed by atoms with van der Waals surface area (Å²) in [6.45, 7) is 3.21. The molecule has 0 spiro atoms. The first kappa shape index (κ1) is 15.4. The molecule has 1 aliphatic heterocycles. The van der Waals surface area contributed by atoms with Gasteiger partial charge in [-0.15, -0.1) is 0 Å². The number of benzene rings is 1. The summed E-state index contributed by atoms with van der Waals surface area (Å²) in [4.78, 5) is 18.0. The molecule has 1 fully saturated rings. The number of H-pyrrole nitrogens is 1. The molecule has 1 aliphatic rings. The number of aromatic nitrogens is 3. The van der Waals surface area contributed by atoms with Gasteiger partial charge in [0.2, 0.25) is 5.91 Å². The van der Waals surface area contributed by atoms with Crippen LogP contribution in [-0.2, 0) is 4.79 Å². The molecular formula is C18H20N6O. The van der Waals surface area contributed by atoms with Crippen LogP contribution in [0.15, 0.2) is 36.5 Å². The largest absolute Gasteiger partial charge is 0.384 e. The van der Waals surface area contributed by atoms with Gasteiger partial charge >= 0.3 is 0 Å². The Kier molecular flexibility index (Phi) is 3.76. The van der Waals surface area contributed by atoms with Gasteiger partial charge in [-0.05, 0) is 18.6 Å². The number of carbonyl (C=O) groups is 1. The number of nitrogens with one attached hydrogen (secondary N) is 2. The lowest BCUT2D eigenvalue weighted by molar-refractivity contribution is -0.119. The van der Waals surface area contributed by atoms with Crippen LogP contribution in [0.4, 0.5) is 11.5 Å². The molecule has 2 aromatic heterocycles. The third kappa shape index (κ3) is 3.00. The number of pyridine rings is 1. The van der Waals surface area contributed by atoms with Crippen LogP contribution in [0.2, 0.25) is 0 Å². The Balaban J connectivity index is 1.71. The smallest absolute Gasteiger partial charge is 0.217 e. The molecule has 1 saturated heterocycles. The summed E-state index contributed by atoms with van der Waals surface area (Å²) in [5.74, 6) is 0.502. The average molecular weight is 336 g/mol. The van der Waals surface area contributed by atoms with E-state index in [1.165, 1.54) is 0 Å². The molecule has 7 heteroatoms. The van der Waals surface area contributed by atoms with E-state index in [-0.39, 0.29) is 11.9 Å². The second kappa shape index (κ2) is 6.08. The lowest BCUT2D eigenvalue weighted by Crippen LogP contribution is -2.35. The van der Waals surface area contributed by atoms with E-state index in [2.05, 4.69) is 37.5 Å². The standard InChI is InChI=1S/C18H20N6O/c1-11(25)21-13-5-7-24(10-13)17-9-18(19)22-16-8-12(2-3-14(16)17)15-4-6-20-23-15/h2-4,6,8-9,13H,5,7,10H2,1H3,(H2,19,22)(H,20,23)(H,21,25)/t13-/m0/s1. The Labute approximate surface area is 145 Å². The van der Waals surface area contributed by atoms with Crippen molar-refractivity contribution in [1.29, 1.82) is 0 Å². The Morgan fingerprint density at radius 1 is 1.36 bits per heavy atom. The number of fused-ring (bicyclic) bond motifs is 1. The zero-order chi connectivity index (χ0) is 17.4. The number of nitrogens with two attached hydrogens (primary N) is 1.